The highest BCUT2D eigenvalue weighted by atomic mass is 32.2. The van der Waals surface area contributed by atoms with E-state index in [4.69, 9.17) is 4.74 Å². The van der Waals surface area contributed by atoms with E-state index in [1.807, 2.05) is 0 Å². The second-order valence-corrected chi connectivity index (χ2v) is 6.24. The molecule has 1 heterocycles. The number of nitrogens with one attached hydrogen (secondary N) is 1. The predicted octanol–water partition coefficient (Wildman–Crippen LogP) is 2.65. The lowest BCUT2D eigenvalue weighted by Gasteiger charge is -2.13. The van der Waals surface area contributed by atoms with E-state index in [-0.39, 0.29) is 10.6 Å². The predicted molar refractivity (Wildman–Crippen MR) is 77.5 cm³/mol. The number of hydrogen-bond donors (Lipinski definition) is 1. The van der Waals surface area contributed by atoms with E-state index in [0.29, 0.717) is 16.9 Å². The van der Waals surface area contributed by atoms with E-state index < -0.39 is 15.8 Å². The van der Waals surface area contributed by atoms with Crippen molar-refractivity contribution in [3.63, 3.8) is 0 Å². The van der Waals surface area contributed by atoms with Crippen LogP contribution in [0.4, 0.5) is 10.1 Å². The minimum absolute atomic E-state index is 0.0721. The molecule has 112 valence electrons. The van der Waals surface area contributed by atoms with Crippen molar-refractivity contribution in [1.82, 2.24) is 4.98 Å². The van der Waals surface area contributed by atoms with Crippen LogP contribution in [0.15, 0.2) is 35.5 Å². The summed E-state index contributed by atoms with van der Waals surface area (Å²) in [5, 5.41) is 0. The number of aryl methyl sites for hydroxylation is 2. The van der Waals surface area contributed by atoms with Gasteiger partial charge in [-0.15, -0.1) is 0 Å². The average molecular weight is 310 g/mol. The molecule has 0 unspecified atom stereocenters. The van der Waals surface area contributed by atoms with E-state index in [1.165, 1.54) is 19.4 Å². The fraction of sp³-hybridized carbons (Fsp3) is 0.214. The first-order valence-electron chi connectivity index (χ1n) is 6.12. The van der Waals surface area contributed by atoms with Gasteiger partial charge < -0.3 is 4.74 Å². The Bertz CT molecular complexity index is 776. The van der Waals surface area contributed by atoms with Crippen LogP contribution in [0.25, 0.3) is 0 Å². The van der Waals surface area contributed by atoms with Crippen LogP contribution < -0.4 is 9.46 Å². The largest absolute Gasteiger partial charge is 0.496 e. The van der Waals surface area contributed by atoms with Crippen molar-refractivity contribution in [2.24, 2.45) is 0 Å². The first-order chi connectivity index (χ1) is 9.83. The van der Waals surface area contributed by atoms with Crippen molar-refractivity contribution < 1.29 is 17.5 Å². The molecule has 0 bridgehead atoms. The summed E-state index contributed by atoms with van der Waals surface area (Å²) < 4.78 is 45.3. The van der Waals surface area contributed by atoms with Crippen LogP contribution >= 0.6 is 0 Å². The normalized spacial score (nSPS) is 11.2. The van der Waals surface area contributed by atoms with Crippen LogP contribution in [0.1, 0.15) is 11.1 Å². The van der Waals surface area contributed by atoms with Gasteiger partial charge in [-0.25, -0.2) is 12.8 Å². The van der Waals surface area contributed by atoms with Crippen molar-refractivity contribution >= 4 is 15.7 Å². The van der Waals surface area contributed by atoms with E-state index in [1.54, 1.807) is 19.9 Å². The quantitative estimate of drug-likeness (QED) is 0.942. The Morgan fingerprint density at radius 3 is 2.48 bits per heavy atom. The van der Waals surface area contributed by atoms with Crippen LogP contribution in [-0.2, 0) is 10.0 Å². The molecule has 0 aliphatic heterocycles. The maximum atomic E-state index is 13.1. The molecule has 2 rings (SSSR count). The molecule has 0 spiro atoms. The number of hydrogen-bond acceptors (Lipinski definition) is 4. The SMILES string of the molecule is COc1cc(C)c(S(=O)(=O)Nc2cncc(F)c2)cc1C. The summed E-state index contributed by atoms with van der Waals surface area (Å²) >= 11 is 0. The molecule has 21 heavy (non-hydrogen) atoms. The molecule has 0 saturated carbocycles. The number of rotatable bonds is 4. The molecule has 1 aromatic carbocycles. The van der Waals surface area contributed by atoms with Gasteiger partial charge in [0.15, 0.2) is 0 Å². The maximum Gasteiger partial charge on any atom is 0.262 e. The number of nitrogens with zero attached hydrogens (tertiary/aromatic N) is 1. The second-order valence-electron chi connectivity index (χ2n) is 4.58. The fourth-order valence-corrected chi connectivity index (χ4v) is 3.30. The smallest absolute Gasteiger partial charge is 0.262 e. The molecule has 0 amide bonds. The van der Waals surface area contributed by atoms with Crippen LogP contribution in [0, 0.1) is 19.7 Å². The summed E-state index contributed by atoms with van der Waals surface area (Å²) in [6, 6.07) is 4.23. The Morgan fingerprint density at radius 2 is 1.86 bits per heavy atom. The highest BCUT2D eigenvalue weighted by molar-refractivity contribution is 7.92. The topological polar surface area (TPSA) is 68.3 Å². The molecule has 0 saturated heterocycles. The van der Waals surface area contributed by atoms with Gasteiger partial charge in [0, 0.05) is 6.07 Å². The van der Waals surface area contributed by atoms with Crippen LogP contribution in [0.5, 0.6) is 5.75 Å². The zero-order valence-corrected chi connectivity index (χ0v) is 12.7. The summed E-state index contributed by atoms with van der Waals surface area (Å²) in [6.07, 6.45) is 2.24. The molecule has 0 radical (unpaired) electrons. The molecular formula is C14H15FN2O3S. The van der Waals surface area contributed by atoms with Gasteiger partial charge in [0.05, 0.1) is 30.1 Å². The lowest BCUT2D eigenvalue weighted by atomic mass is 10.1. The van der Waals surface area contributed by atoms with E-state index >= 15 is 0 Å². The molecule has 2 aromatic rings. The maximum absolute atomic E-state index is 13.1. The Balaban J connectivity index is 2.42. The van der Waals surface area contributed by atoms with Gasteiger partial charge >= 0.3 is 0 Å². The number of methoxy groups -OCH3 is 1. The Hall–Kier alpha value is -2.15. The number of benzene rings is 1. The van der Waals surface area contributed by atoms with Gasteiger partial charge in [0.2, 0.25) is 0 Å². The third kappa shape index (κ3) is 3.30. The van der Waals surface area contributed by atoms with Crippen molar-refractivity contribution in [3.05, 3.63) is 47.5 Å². The molecule has 1 N–H and O–H groups in total. The zero-order chi connectivity index (χ0) is 15.6. The first-order valence-corrected chi connectivity index (χ1v) is 7.60. The van der Waals surface area contributed by atoms with Crippen LogP contribution in [0.3, 0.4) is 0 Å². The highest BCUT2D eigenvalue weighted by Gasteiger charge is 2.19. The number of sulfonamides is 1. The highest BCUT2D eigenvalue weighted by Crippen LogP contribution is 2.26. The summed E-state index contributed by atoms with van der Waals surface area (Å²) in [5.74, 6) is -0.00305. The minimum Gasteiger partial charge on any atom is -0.496 e. The van der Waals surface area contributed by atoms with Gasteiger partial charge in [-0.1, -0.05) is 0 Å². The standard InChI is InChI=1S/C14H15FN2O3S/c1-9-5-14(10(2)4-13(9)20-3)21(18,19)17-12-6-11(15)7-16-8-12/h4-8,17H,1-3H3. The van der Waals surface area contributed by atoms with Crippen LogP contribution in [0.2, 0.25) is 0 Å². The number of aromatic nitrogens is 1. The molecule has 5 nitrogen and oxygen atoms in total. The van der Waals surface area contributed by atoms with Gasteiger partial charge in [-0.05, 0) is 37.1 Å². The lowest BCUT2D eigenvalue weighted by Crippen LogP contribution is -2.15. The Kier molecular flexibility index (Phi) is 4.13. The third-order valence-corrected chi connectivity index (χ3v) is 4.46. The summed E-state index contributed by atoms with van der Waals surface area (Å²) in [7, 11) is -2.30. The van der Waals surface area contributed by atoms with E-state index in [9.17, 15) is 12.8 Å². The Morgan fingerprint density at radius 1 is 1.14 bits per heavy atom. The van der Waals surface area contributed by atoms with Crippen molar-refractivity contribution in [1.29, 1.82) is 0 Å². The number of halogens is 1. The van der Waals surface area contributed by atoms with Crippen molar-refractivity contribution in [3.8, 4) is 5.75 Å². The van der Waals surface area contributed by atoms with Gasteiger partial charge in [-0.3, -0.25) is 9.71 Å². The van der Waals surface area contributed by atoms with Gasteiger partial charge in [0.25, 0.3) is 10.0 Å². The van der Waals surface area contributed by atoms with Crippen molar-refractivity contribution in [2.45, 2.75) is 18.7 Å². The fourth-order valence-electron chi connectivity index (χ4n) is 1.95. The van der Waals surface area contributed by atoms with E-state index in [0.717, 1.165) is 12.3 Å². The number of ether oxygens (including phenoxy) is 1. The zero-order valence-electron chi connectivity index (χ0n) is 11.8. The van der Waals surface area contributed by atoms with E-state index in [2.05, 4.69) is 9.71 Å². The molecule has 0 aliphatic carbocycles. The minimum atomic E-state index is -3.82. The molecule has 0 atom stereocenters. The summed E-state index contributed by atoms with van der Waals surface area (Å²) in [6.45, 7) is 3.42. The molecule has 1 aromatic heterocycles. The lowest BCUT2D eigenvalue weighted by molar-refractivity contribution is 0.411. The third-order valence-electron chi connectivity index (χ3n) is 2.94. The number of pyridine rings is 1. The average Bonchev–Trinajstić information content (AvgIpc) is 2.40. The molecule has 0 aliphatic rings. The second kappa shape index (κ2) is 5.69. The van der Waals surface area contributed by atoms with Gasteiger partial charge in [0.1, 0.15) is 11.6 Å². The molecular weight excluding hydrogens is 295 g/mol. The van der Waals surface area contributed by atoms with Gasteiger partial charge in [-0.2, -0.15) is 0 Å². The molecule has 0 fully saturated rings. The molecule has 7 heteroatoms. The number of anilines is 1. The summed E-state index contributed by atoms with van der Waals surface area (Å²) in [5.41, 5.74) is 1.30. The Labute approximate surface area is 122 Å². The van der Waals surface area contributed by atoms with Crippen molar-refractivity contribution in [2.75, 3.05) is 11.8 Å². The first kappa shape index (κ1) is 15.2. The summed E-state index contributed by atoms with van der Waals surface area (Å²) in [4.78, 5) is 3.72. The monoisotopic (exact) mass is 310 g/mol. The van der Waals surface area contributed by atoms with Crippen LogP contribution in [-0.4, -0.2) is 20.5 Å².